The number of hydrogen-bond acceptors (Lipinski definition) is 4. The van der Waals surface area contributed by atoms with Crippen LogP contribution in [0.2, 0.25) is 0 Å². The average Bonchev–Trinajstić information content (AvgIpc) is 3.18. The summed E-state index contributed by atoms with van der Waals surface area (Å²) < 4.78 is 5.58. The van der Waals surface area contributed by atoms with Crippen LogP contribution in [0, 0.1) is 0 Å². The van der Waals surface area contributed by atoms with Crippen LogP contribution in [-0.4, -0.2) is 81.3 Å². The Labute approximate surface area is 187 Å². The lowest BCUT2D eigenvalue weighted by atomic mass is 10.1. The van der Waals surface area contributed by atoms with Crippen LogP contribution in [0.25, 0.3) is 0 Å². The first kappa shape index (κ1) is 23.2. The van der Waals surface area contributed by atoms with Gasteiger partial charge in [-0.15, -0.1) is 24.0 Å². The van der Waals surface area contributed by atoms with E-state index in [1.54, 1.807) is 0 Å². The maximum Gasteiger partial charge on any atom is 0.191 e. The number of guanidine groups is 1. The lowest BCUT2D eigenvalue weighted by Crippen LogP contribution is -2.53. The molecule has 1 fully saturated rings. The maximum atomic E-state index is 5.58. The molecule has 1 aromatic rings. The largest absolute Gasteiger partial charge is 0.493 e. The lowest BCUT2D eigenvalue weighted by Gasteiger charge is -2.37. The molecule has 0 amide bonds. The molecule has 7 heteroatoms. The third kappa shape index (κ3) is 6.49. The number of piperazine rings is 1. The normalized spacial score (nSPS) is 18.8. The molecule has 0 aromatic heterocycles. The fourth-order valence-corrected chi connectivity index (χ4v) is 3.84. The fourth-order valence-electron chi connectivity index (χ4n) is 3.84. The van der Waals surface area contributed by atoms with Gasteiger partial charge in [0.15, 0.2) is 5.96 Å². The highest BCUT2D eigenvalue weighted by molar-refractivity contribution is 14.0. The van der Waals surface area contributed by atoms with Crippen molar-refractivity contribution < 1.29 is 4.74 Å². The summed E-state index contributed by atoms with van der Waals surface area (Å²) in [6, 6.07) is 7.06. The van der Waals surface area contributed by atoms with Gasteiger partial charge in [-0.2, -0.15) is 0 Å². The molecule has 0 saturated carbocycles. The zero-order valence-electron chi connectivity index (χ0n) is 17.5. The molecule has 0 radical (unpaired) electrons. The van der Waals surface area contributed by atoms with Crippen molar-refractivity contribution in [3.8, 4) is 5.75 Å². The zero-order valence-corrected chi connectivity index (χ0v) is 19.9. The Morgan fingerprint density at radius 1 is 1.21 bits per heavy atom. The number of halogens is 1. The van der Waals surface area contributed by atoms with Crippen molar-refractivity contribution in [1.29, 1.82) is 0 Å². The summed E-state index contributed by atoms with van der Waals surface area (Å²) in [6.45, 7) is 13.0. The molecule has 0 aliphatic carbocycles. The maximum absolute atomic E-state index is 5.58. The Morgan fingerprint density at radius 2 is 2.00 bits per heavy atom. The molecule has 2 N–H and O–H groups in total. The lowest BCUT2D eigenvalue weighted by molar-refractivity contribution is 0.107. The highest BCUT2D eigenvalue weighted by Crippen LogP contribution is 2.25. The number of nitrogens with zero attached hydrogens (tertiary/aromatic N) is 3. The fraction of sp³-hybridized carbons (Fsp3) is 0.667. The number of rotatable bonds is 7. The van der Waals surface area contributed by atoms with Gasteiger partial charge in [0.2, 0.25) is 0 Å². The van der Waals surface area contributed by atoms with E-state index in [2.05, 4.69) is 57.5 Å². The van der Waals surface area contributed by atoms with Gasteiger partial charge in [-0.3, -0.25) is 9.89 Å². The number of aliphatic imine (C=N–C) groups is 1. The quantitative estimate of drug-likeness (QED) is 0.340. The molecule has 2 aliphatic rings. The Balaban J connectivity index is 0.00000280. The monoisotopic (exact) mass is 501 g/mol. The van der Waals surface area contributed by atoms with Gasteiger partial charge >= 0.3 is 0 Å². The van der Waals surface area contributed by atoms with Crippen molar-refractivity contribution in [1.82, 2.24) is 20.4 Å². The molecule has 2 heterocycles. The van der Waals surface area contributed by atoms with Crippen LogP contribution in [0.15, 0.2) is 23.2 Å². The molecule has 0 bridgehead atoms. The molecule has 1 unspecified atom stereocenters. The minimum Gasteiger partial charge on any atom is -0.493 e. The molecule has 158 valence electrons. The van der Waals surface area contributed by atoms with Gasteiger partial charge in [-0.1, -0.05) is 19.1 Å². The van der Waals surface area contributed by atoms with E-state index in [-0.39, 0.29) is 24.0 Å². The van der Waals surface area contributed by atoms with E-state index in [0.29, 0.717) is 6.04 Å². The van der Waals surface area contributed by atoms with Gasteiger partial charge in [0.05, 0.1) is 6.61 Å². The van der Waals surface area contributed by atoms with E-state index in [1.807, 2.05) is 7.05 Å². The van der Waals surface area contributed by atoms with Gasteiger partial charge in [-0.05, 0) is 37.1 Å². The van der Waals surface area contributed by atoms with Crippen molar-refractivity contribution in [3.63, 3.8) is 0 Å². The zero-order chi connectivity index (χ0) is 19.1. The molecule has 28 heavy (non-hydrogen) atoms. The smallest absolute Gasteiger partial charge is 0.191 e. The Bertz CT molecular complexity index is 631. The van der Waals surface area contributed by atoms with Crippen LogP contribution in [0.5, 0.6) is 5.75 Å². The number of fused-ring (bicyclic) bond motifs is 1. The van der Waals surface area contributed by atoms with E-state index in [0.717, 1.165) is 63.9 Å². The van der Waals surface area contributed by atoms with Gasteiger partial charge in [0.1, 0.15) is 5.75 Å². The van der Waals surface area contributed by atoms with Gasteiger partial charge in [0, 0.05) is 58.8 Å². The van der Waals surface area contributed by atoms with E-state index in [1.165, 1.54) is 24.2 Å². The summed E-state index contributed by atoms with van der Waals surface area (Å²) in [4.78, 5) is 9.45. The van der Waals surface area contributed by atoms with E-state index in [4.69, 9.17) is 4.74 Å². The second-order valence-corrected chi connectivity index (χ2v) is 7.49. The minimum atomic E-state index is 0. The van der Waals surface area contributed by atoms with Crippen LogP contribution in [0.1, 0.15) is 25.0 Å². The number of benzene rings is 1. The Kier molecular flexibility index (Phi) is 9.81. The first-order valence-corrected chi connectivity index (χ1v) is 10.3. The van der Waals surface area contributed by atoms with Crippen molar-refractivity contribution in [2.45, 2.75) is 32.7 Å². The predicted octanol–water partition coefficient (Wildman–Crippen LogP) is 1.97. The summed E-state index contributed by atoms with van der Waals surface area (Å²) in [5.41, 5.74) is 2.69. The van der Waals surface area contributed by atoms with E-state index in [9.17, 15) is 0 Å². The second kappa shape index (κ2) is 11.8. The van der Waals surface area contributed by atoms with Crippen LogP contribution in [-0.2, 0) is 12.8 Å². The van der Waals surface area contributed by atoms with Crippen molar-refractivity contribution in [2.75, 3.05) is 59.5 Å². The summed E-state index contributed by atoms with van der Waals surface area (Å²) in [7, 11) is 1.84. The van der Waals surface area contributed by atoms with Crippen LogP contribution < -0.4 is 15.4 Å². The summed E-state index contributed by atoms with van der Waals surface area (Å²) >= 11 is 0. The van der Waals surface area contributed by atoms with Gasteiger partial charge in [0.25, 0.3) is 0 Å². The molecule has 0 spiro atoms. The second-order valence-electron chi connectivity index (χ2n) is 7.49. The third-order valence-electron chi connectivity index (χ3n) is 5.73. The molecule has 1 saturated heterocycles. The number of ether oxygens (including phenoxy) is 1. The SMILES string of the molecule is CCN1CCN(C(C)CNC(=NC)NCCc2ccc3c(c2)CCO3)CC1.I. The topological polar surface area (TPSA) is 52.1 Å². The summed E-state index contributed by atoms with van der Waals surface area (Å²) in [5.74, 6) is 1.94. The summed E-state index contributed by atoms with van der Waals surface area (Å²) in [5, 5.41) is 6.92. The van der Waals surface area contributed by atoms with Crippen LogP contribution in [0.3, 0.4) is 0 Å². The molecule has 1 aromatic carbocycles. The van der Waals surface area contributed by atoms with Gasteiger partial charge < -0.3 is 20.3 Å². The van der Waals surface area contributed by atoms with Gasteiger partial charge in [-0.25, -0.2) is 0 Å². The minimum absolute atomic E-state index is 0. The first-order valence-electron chi connectivity index (χ1n) is 10.3. The van der Waals surface area contributed by atoms with Crippen molar-refractivity contribution in [2.24, 2.45) is 4.99 Å². The van der Waals surface area contributed by atoms with E-state index >= 15 is 0 Å². The average molecular weight is 501 g/mol. The Morgan fingerprint density at radius 3 is 2.71 bits per heavy atom. The molecule has 3 rings (SSSR count). The first-order chi connectivity index (χ1) is 13.2. The molecular weight excluding hydrogens is 465 g/mol. The molecular formula is C21H36IN5O. The third-order valence-corrected chi connectivity index (χ3v) is 5.73. The standard InChI is InChI=1S/C21H35N5O.HI/c1-4-25-10-12-26(13-11-25)17(2)16-24-21(22-3)23-9-7-18-5-6-20-19(15-18)8-14-27-20;/h5-6,15,17H,4,7-14,16H2,1-3H3,(H2,22,23,24);1H. The summed E-state index contributed by atoms with van der Waals surface area (Å²) in [6.07, 6.45) is 2.02. The molecule has 2 aliphatic heterocycles. The van der Waals surface area contributed by atoms with E-state index < -0.39 is 0 Å². The molecule has 1 atom stereocenters. The highest BCUT2D eigenvalue weighted by Gasteiger charge is 2.20. The highest BCUT2D eigenvalue weighted by atomic mass is 127. The number of likely N-dealkylation sites (N-methyl/N-ethyl adjacent to an activating group) is 1. The number of nitrogens with one attached hydrogen (secondary N) is 2. The van der Waals surface area contributed by atoms with Crippen LogP contribution in [0.4, 0.5) is 0 Å². The van der Waals surface area contributed by atoms with Crippen LogP contribution >= 0.6 is 24.0 Å². The van der Waals surface area contributed by atoms with Crippen molar-refractivity contribution in [3.05, 3.63) is 29.3 Å². The number of hydrogen-bond donors (Lipinski definition) is 2. The van der Waals surface area contributed by atoms with Crippen molar-refractivity contribution >= 4 is 29.9 Å². The Hall–Kier alpha value is -1.06. The molecule has 6 nitrogen and oxygen atoms in total. The predicted molar refractivity (Wildman–Crippen MR) is 127 cm³/mol.